The summed E-state index contributed by atoms with van der Waals surface area (Å²) in [5.41, 5.74) is 2.78. The molecule has 0 aliphatic heterocycles. The predicted octanol–water partition coefficient (Wildman–Crippen LogP) is 2.55. The Labute approximate surface area is 106 Å². The van der Waals surface area contributed by atoms with Crippen LogP contribution in [0.4, 0.5) is 0 Å². The third-order valence-electron chi connectivity index (χ3n) is 2.62. The lowest BCUT2D eigenvalue weighted by molar-refractivity contribution is 0.474. The number of nitrogens with one attached hydrogen (secondary N) is 1. The Morgan fingerprint density at radius 3 is 2.33 bits per heavy atom. The predicted molar refractivity (Wildman–Crippen MR) is 69.8 cm³/mol. The summed E-state index contributed by atoms with van der Waals surface area (Å²) in [6.07, 6.45) is 0. The standard InChI is InChI=1S/C15H14N2O/c16-9-12-3-1-4-13(7-12)10-17-11-14-5-2-6-15(18)8-14/h1-8,17-18H,10-11H2. The van der Waals surface area contributed by atoms with Crippen molar-refractivity contribution >= 4 is 0 Å². The first kappa shape index (κ1) is 12.2. The summed E-state index contributed by atoms with van der Waals surface area (Å²) in [4.78, 5) is 0. The van der Waals surface area contributed by atoms with Gasteiger partial charge in [-0.2, -0.15) is 5.26 Å². The molecule has 2 aromatic rings. The van der Waals surface area contributed by atoms with E-state index in [9.17, 15) is 5.11 Å². The van der Waals surface area contributed by atoms with Crippen molar-refractivity contribution in [1.29, 1.82) is 5.26 Å². The summed E-state index contributed by atoms with van der Waals surface area (Å²) in [5.74, 6) is 0.278. The maximum atomic E-state index is 9.33. The highest BCUT2D eigenvalue weighted by Crippen LogP contribution is 2.11. The molecule has 90 valence electrons. The summed E-state index contributed by atoms with van der Waals surface area (Å²) in [6, 6.07) is 16.8. The molecular formula is C15H14N2O. The van der Waals surface area contributed by atoms with Crippen LogP contribution in [0.25, 0.3) is 0 Å². The average Bonchev–Trinajstić information content (AvgIpc) is 2.39. The molecule has 0 fully saturated rings. The van der Waals surface area contributed by atoms with Gasteiger partial charge in [0.1, 0.15) is 5.75 Å². The van der Waals surface area contributed by atoms with Crippen LogP contribution in [0.2, 0.25) is 0 Å². The number of phenols is 1. The molecule has 18 heavy (non-hydrogen) atoms. The molecule has 0 aromatic heterocycles. The lowest BCUT2D eigenvalue weighted by Gasteiger charge is -2.05. The summed E-state index contributed by atoms with van der Waals surface area (Å²) < 4.78 is 0. The van der Waals surface area contributed by atoms with Crippen molar-refractivity contribution in [2.45, 2.75) is 13.1 Å². The summed E-state index contributed by atoms with van der Waals surface area (Å²) in [5, 5.41) is 21.4. The molecule has 0 amide bonds. The molecule has 0 aliphatic carbocycles. The van der Waals surface area contributed by atoms with Crippen LogP contribution in [0.15, 0.2) is 48.5 Å². The molecule has 2 aromatic carbocycles. The van der Waals surface area contributed by atoms with Crippen molar-refractivity contribution in [3.63, 3.8) is 0 Å². The van der Waals surface area contributed by atoms with Gasteiger partial charge in [-0.1, -0.05) is 24.3 Å². The number of benzene rings is 2. The monoisotopic (exact) mass is 238 g/mol. The lowest BCUT2D eigenvalue weighted by Crippen LogP contribution is -2.12. The fourth-order valence-electron chi connectivity index (χ4n) is 1.77. The van der Waals surface area contributed by atoms with E-state index in [0.29, 0.717) is 18.7 Å². The highest BCUT2D eigenvalue weighted by atomic mass is 16.3. The number of hydrogen-bond donors (Lipinski definition) is 2. The van der Waals surface area contributed by atoms with Crippen LogP contribution >= 0.6 is 0 Å². The Morgan fingerprint density at radius 2 is 1.67 bits per heavy atom. The molecule has 3 heteroatoms. The number of phenolic OH excluding ortho intramolecular Hbond substituents is 1. The van der Waals surface area contributed by atoms with Crippen LogP contribution in [0.5, 0.6) is 5.75 Å². The lowest BCUT2D eigenvalue weighted by atomic mass is 10.1. The Hall–Kier alpha value is -2.31. The fourth-order valence-corrected chi connectivity index (χ4v) is 1.77. The molecule has 0 saturated carbocycles. The van der Waals surface area contributed by atoms with Crippen molar-refractivity contribution in [3.05, 3.63) is 65.2 Å². The van der Waals surface area contributed by atoms with Gasteiger partial charge in [-0.05, 0) is 35.4 Å². The highest BCUT2D eigenvalue weighted by molar-refractivity contribution is 5.32. The van der Waals surface area contributed by atoms with Gasteiger partial charge in [0.2, 0.25) is 0 Å². The molecule has 0 saturated heterocycles. The van der Waals surface area contributed by atoms with E-state index in [1.807, 2.05) is 30.3 Å². The SMILES string of the molecule is N#Cc1cccc(CNCc2cccc(O)c2)c1. The molecule has 2 rings (SSSR count). The second-order valence-electron chi connectivity index (χ2n) is 4.09. The van der Waals surface area contributed by atoms with Crippen molar-refractivity contribution in [1.82, 2.24) is 5.32 Å². The Kier molecular flexibility index (Phi) is 3.95. The fraction of sp³-hybridized carbons (Fsp3) is 0.133. The summed E-state index contributed by atoms with van der Waals surface area (Å²) in [6.45, 7) is 1.39. The first-order valence-electron chi connectivity index (χ1n) is 5.75. The van der Waals surface area contributed by atoms with Gasteiger partial charge in [0.25, 0.3) is 0 Å². The van der Waals surface area contributed by atoms with Crippen molar-refractivity contribution in [3.8, 4) is 11.8 Å². The van der Waals surface area contributed by atoms with E-state index in [2.05, 4.69) is 11.4 Å². The topological polar surface area (TPSA) is 56.0 Å². The van der Waals surface area contributed by atoms with Gasteiger partial charge in [0.15, 0.2) is 0 Å². The van der Waals surface area contributed by atoms with E-state index in [-0.39, 0.29) is 5.75 Å². The van der Waals surface area contributed by atoms with Crippen molar-refractivity contribution < 1.29 is 5.11 Å². The zero-order valence-electron chi connectivity index (χ0n) is 9.93. The average molecular weight is 238 g/mol. The van der Waals surface area contributed by atoms with Crippen LogP contribution in [-0.4, -0.2) is 5.11 Å². The van der Waals surface area contributed by atoms with E-state index in [1.165, 1.54) is 0 Å². The van der Waals surface area contributed by atoms with Crippen LogP contribution in [0, 0.1) is 11.3 Å². The van der Waals surface area contributed by atoms with Crippen molar-refractivity contribution in [2.75, 3.05) is 0 Å². The molecule has 0 spiro atoms. The molecule has 0 bridgehead atoms. The minimum absolute atomic E-state index is 0.278. The third kappa shape index (κ3) is 3.34. The summed E-state index contributed by atoms with van der Waals surface area (Å²) in [7, 11) is 0. The maximum absolute atomic E-state index is 9.33. The minimum Gasteiger partial charge on any atom is -0.508 e. The van der Waals surface area contributed by atoms with Gasteiger partial charge in [-0.3, -0.25) is 0 Å². The number of hydrogen-bond acceptors (Lipinski definition) is 3. The molecule has 0 unspecified atom stereocenters. The van der Waals surface area contributed by atoms with E-state index in [1.54, 1.807) is 18.2 Å². The van der Waals surface area contributed by atoms with E-state index in [4.69, 9.17) is 5.26 Å². The van der Waals surface area contributed by atoms with Gasteiger partial charge in [-0.25, -0.2) is 0 Å². The number of aromatic hydroxyl groups is 1. The van der Waals surface area contributed by atoms with Crippen LogP contribution in [-0.2, 0) is 13.1 Å². The zero-order valence-corrected chi connectivity index (χ0v) is 9.93. The minimum atomic E-state index is 0.278. The van der Waals surface area contributed by atoms with Gasteiger partial charge in [0, 0.05) is 13.1 Å². The van der Waals surface area contributed by atoms with Gasteiger partial charge < -0.3 is 10.4 Å². The maximum Gasteiger partial charge on any atom is 0.115 e. The Balaban J connectivity index is 1.90. The van der Waals surface area contributed by atoms with E-state index in [0.717, 1.165) is 11.1 Å². The third-order valence-corrected chi connectivity index (χ3v) is 2.62. The largest absolute Gasteiger partial charge is 0.508 e. The Bertz CT molecular complexity index is 573. The quantitative estimate of drug-likeness (QED) is 0.860. The molecule has 0 heterocycles. The van der Waals surface area contributed by atoms with Gasteiger partial charge in [0.05, 0.1) is 11.6 Å². The second kappa shape index (κ2) is 5.85. The Morgan fingerprint density at radius 1 is 1.00 bits per heavy atom. The van der Waals surface area contributed by atoms with Crippen molar-refractivity contribution in [2.24, 2.45) is 0 Å². The first-order valence-corrected chi connectivity index (χ1v) is 5.75. The van der Waals surface area contributed by atoms with E-state index >= 15 is 0 Å². The van der Waals surface area contributed by atoms with E-state index < -0.39 is 0 Å². The first-order chi connectivity index (χ1) is 8.78. The normalized spacial score (nSPS) is 9.94. The van der Waals surface area contributed by atoms with Crippen LogP contribution in [0.3, 0.4) is 0 Å². The van der Waals surface area contributed by atoms with Gasteiger partial charge in [-0.15, -0.1) is 0 Å². The smallest absolute Gasteiger partial charge is 0.115 e. The second-order valence-corrected chi connectivity index (χ2v) is 4.09. The highest BCUT2D eigenvalue weighted by Gasteiger charge is 1.97. The molecule has 0 atom stereocenters. The van der Waals surface area contributed by atoms with Crippen LogP contribution in [0.1, 0.15) is 16.7 Å². The zero-order chi connectivity index (χ0) is 12.8. The number of nitrogens with zero attached hydrogens (tertiary/aromatic N) is 1. The summed E-state index contributed by atoms with van der Waals surface area (Å²) >= 11 is 0. The van der Waals surface area contributed by atoms with Gasteiger partial charge >= 0.3 is 0 Å². The van der Waals surface area contributed by atoms with Crippen LogP contribution < -0.4 is 5.32 Å². The molecule has 3 nitrogen and oxygen atoms in total. The molecule has 0 aliphatic rings. The number of rotatable bonds is 4. The molecule has 0 radical (unpaired) electrons. The molecular weight excluding hydrogens is 224 g/mol. The number of nitriles is 1. The molecule has 2 N–H and O–H groups in total.